The zero-order chi connectivity index (χ0) is 44.5. The highest BCUT2D eigenvalue weighted by Gasteiger charge is 2.20. The minimum Gasteiger partial charge on any atom is -0.366 e. The molecule has 318 valence electrons. The molecule has 0 atom stereocenters. The van der Waals surface area contributed by atoms with Crippen molar-refractivity contribution in [1.29, 1.82) is 0 Å². The minimum atomic E-state index is -1.07. The molecule has 0 aromatic heterocycles. The van der Waals surface area contributed by atoms with Gasteiger partial charge in [-0.1, -0.05) is 48.5 Å². The molecule has 0 radical (unpaired) electrons. The lowest BCUT2D eigenvalue weighted by atomic mass is 10.1. The van der Waals surface area contributed by atoms with E-state index in [1.165, 1.54) is 24.3 Å². The summed E-state index contributed by atoms with van der Waals surface area (Å²) in [4.78, 5) is 37.5. The summed E-state index contributed by atoms with van der Waals surface area (Å²) < 4.78 is 44.0. The van der Waals surface area contributed by atoms with Crippen molar-refractivity contribution in [1.82, 2.24) is 15.5 Å². The summed E-state index contributed by atoms with van der Waals surface area (Å²) in [6.07, 6.45) is 0.765. The van der Waals surface area contributed by atoms with Gasteiger partial charge < -0.3 is 31.9 Å². The Morgan fingerprint density at radius 3 is 1.75 bits per heavy atom. The first-order valence-corrected chi connectivity index (χ1v) is 21.2. The molecule has 9 nitrogen and oxygen atoms in total. The van der Waals surface area contributed by atoms with Crippen LogP contribution in [-0.4, -0.2) is 49.8 Å². The van der Waals surface area contributed by atoms with Gasteiger partial charge in [-0.2, -0.15) is 0 Å². The van der Waals surface area contributed by atoms with Gasteiger partial charge in [0.1, 0.15) is 5.82 Å². The maximum atomic E-state index is 14.4. The number of carbonyl (C=O) groups excluding carboxylic acids is 3. The number of hydrogen-bond acceptors (Lipinski definition) is 6. The summed E-state index contributed by atoms with van der Waals surface area (Å²) in [5, 5.41) is 11.7. The van der Waals surface area contributed by atoms with Gasteiger partial charge in [0, 0.05) is 37.2 Å². The summed E-state index contributed by atoms with van der Waals surface area (Å²) >= 11 is 4.42. The molecule has 14 heteroatoms. The monoisotopic (exact) mass is 1050 g/mol. The van der Waals surface area contributed by atoms with Crippen LogP contribution in [0.5, 0.6) is 0 Å². The van der Waals surface area contributed by atoms with Crippen LogP contribution in [0.4, 0.5) is 35.9 Å². The van der Waals surface area contributed by atoms with Crippen molar-refractivity contribution in [2.45, 2.75) is 26.8 Å². The fraction of sp³-hybridized carbons (Fsp3) is 0.170. The molecule has 0 saturated carbocycles. The number of carbonyl (C=O) groups is 3. The molecule has 0 aliphatic carbocycles. The molecule has 0 aliphatic rings. The fourth-order valence-corrected chi connectivity index (χ4v) is 6.96. The summed E-state index contributed by atoms with van der Waals surface area (Å²) in [6.45, 7) is 5.53. The van der Waals surface area contributed by atoms with Crippen molar-refractivity contribution in [3.63, 3.8) is 0 Å². The summed E-state index contributed by atoms with van der Waals surface area (Å²) in [5.41, 5.74) is 10.7. The van der Waals surface area contributed by atoms with Gasteiger partial charge >= 0.3 is 0 Å². The molecule has 0 saturated heterocycles. The van der Waals surface area contributed by atoms with E-state index in [0.717, 1.165) is 48.6 Å². The van der Waals surface area contributed by atoms with E-state index in [9.17, 15) is 27.6 Å². The predicted molar refractivity (Wildman–Crippen MR) is 255 cm³/mol. The van der Waals surface area contributed by atoms with Crippen LogP contribution in [0.2, 0.25) is 0 Å². The maximum Gasteiger partial charge on any atom is 0.253 e. The van der Waals surface area contributed by atoms with Crippen LogP contribution >= 0.6 is 45.2 Å². The first-order chi connectivity index (χ1) is 29.1. The zero-order valence-electron chi connectivity index (χ0n) is 34.1. The van der Waals surface area contributed by atoms with E-state index in [4.69, 9.17) is 5.73 Å². The Labute approximate surface area is 382 Å². The quantitative estimate of drug-likeness (QED) is 0.0579. The number of nitrogens with zero attached hydrogens (tertiary/aromatic N) is 1. The molecule has 6 aromatic carbocycles. The first-order valence-electron chi connectivity index (χ1n) is 19.1. The van der Waals surface area contributed by atoms with Gasteiger partial charge in [-0.05, 0) is 182 Å². The Kier molecular flexibility index (Phi) is 19.0. The van der Waals surface area contributed by atoms with Crippen LogP contribution in [0.15, 0.2) is 127 Å². The molecule has 3 amide bonds. The molecular weight excluding hydrogens is 1010 g/mol. The van der Waals surface area contributed by atoms with E-state index in [1.54, 1.807) is 30.3 Å². The van der Waals surface area contributed by atoms with Crippen molar-refractivity contribution < 1.29 is 27.6 Å². The number of hydrogen-bond donors (Lipinski definition) is 5. The molecule has 0 aliphatic heterocycles. The van der Waals surface area contributed by atoms with Crippen molar-refractivity contribution in [3.05, 3.63) is 185 Å². The highest BCUT2D eigenvalue weighted by Crippen LogP contribution is 2.29. The van der Waals surface area contributed by atoms with Crippen LogP contribution in [0.25, 0.3) is 0 Å². The lowest BCUT2D eigenvalue weighted by molar-refractivity contribution is 0.0944. The van der Waals surface area contributed by atoms with Crippen molar-refractivity contribution >= 4 is 85.7 Å². The Balaban J connectivity index is 0.000000223. The normalized spacial score (nSPS) is 10.4. The van der Waals surface area contributed by atoms with Gasteiger partial charge in [0.05, 0.1) is 22.5 Å². The van der Waals surface area contributed by atoms with Crippen LogP contribution in [-0.2, 0) is 6.54 Å². The standard InChI is InChI=1S/C21H18FIN2O.C19H22F2IN3O.C7H7NO/c1-14-11-17(23)8-10-19(14)25-20-12-16(22)7-9-18(20)21(26)24-13-15-5-3-2-4-6-15;1-12-11-13(22)5-8-16(12)24-18-14(6-7-15(20)17(18)21)19(26)23-9-4-10-25(2)3;8-7(9)6-4-2-1-3-5-6/h2-12,25H,13H2,1H3,(H,24,26);5-8,11,24H,4,9-10H2,1-3H3,(H,23,26);1-5H,(H2,8,9). The van der Waals surface area contributed by atoms with Gasteiger partial charge in [-0.3, -0.25) is 14.4 Å². The SMILES string of the molecule is Cc1cc(I)ccc1Nc1c(C(=O)NCCCN(C)C)ccc(F)c1F.Cc1cc(I)ccc1Nc1cc(F)ccc1C(=O)NCc1ccccc1.NC(=O)c1ccccc1. The molecule has 61 heavy (non-hydrogen) atoms. The summed E-state index contributed by atoms with van der Waals surface area (Å²) in [7, 11) is 3.89. The topological polar surface area (TPSA) is 129 Å². The first kappa shape index (κ1) is 48.2. The van der Waals surface area contributed by atoms with Gasteiger partial charge in [0.15, 0.2) is 11.6 Å². The Morgan fingerprint density at radius 2 is 1.20 bits per heavy atom. The second kappa shape index (κ2) is 24.1. The largest absolute Gasteiger partial charge is 0.366 e. The van der Waals surface area contributed by atoms with Crippen LogP contribution in [0.3, 0.4) is 0 Å². The third-order valence-corrected chi connectivity index (χ3v) is 10.2. The van der Waals surface area contributed by atoms with E-state index in [2.05, 4.69) is 66.4 Å². The van der Waals surface area contributed by atoms with Crippen LogP contribution < -0.4 is 27.0 Å². The van der Waals surface area contributed by atoms with Crippen molar-refractivity contribution in [3.8, 4) is 0 Å². The molecule has 6 N–H and O–H groups in total. The molecule has 6 rings (SSSR count). The Hall–Kier alpha value is -5.46. The highest BCUT2D eigenvalue weighted by molar-refractivity contribution is 14.1. The number of primary amides is 1. The maximum absolute atomic E-state index is 14.4. The van der Waals surface area contributed by atoms with Crippen molar-refractivity contribution in [2.24, 2.45) is 5.73 Å². The van der Waals surface area contributed by atoms with E-state index >= 15 is 0 Å². The van der Waals surface area contributed by atoms with E-state index < -0.39 is 23.4 Å². The molecule has 0 spiro atoms. The molecule has 0 unspecified atom stereocenters. The molecule has 0 bridgehead atoms. The van der Waals surface area contributed by atoms with Gasteiger partial charge in [-0.25, -0.2) is 13.2 Å². The summed E-state index contributed by atoms with van der Waals surface area (Å²) in [6, 6.07) is 36.3. The van der Waals surface area contributed by atoms with E-state index in [1.807, 2.05) is 99.6 Å². The number of aryl methyl sites for hydroxylation is 2. The number of nitrogens with one attached hydrogen (secondary N) is 4. The Morgan fingerprint density at radius 1 is 0.639 bits per heavy atom. The van der Waals surface area contributed by atoms with Gasteiger partial charge in [-0.15, -0.1) is 0 Å². The number of rotatable bonds is 13. The fourth-order valence-electron chi connectivity index (χ4n) is 5.66. The van der Waals surface area contributed by atoms with E-state index in [-0.39, 0.29) is 23.1 Å². The molecule has 0 heterocycles. The molecule has 6 aromatic rings. The number of halogens is 5. The number of benzene rings is 6. The lowest BCUT2D eigenvalue weighted by Gasteiger charge is -2.16. The summed E-state index contributed by atoms with van der Waals surface area (Å²) in [5.74, 6) is -3.53. The number of nitrogens with two attached hydrogens (primary N) is 1. The highest BCUT2D eigenvalue weighted by atomic mass is 127. The van der Waals surface area contributed by atoms with E-state index in [0.29, 0.717) is 35.6 Å². The Bertz CT molecular complexity index is 2420. The third-order valence-electron chi connectivity index (χ3n) is 8.89. The zero-order valence-corrected chi connectivity index (χ0v) is 38.4. The second-order valence-electron chi connectivity index (χ2n) is 14.0. The predicted octanol–water partition coefficient (Wildman–Crippen LogP) is 10.5. The average Bonchev–Trinajstić information content (AvgIpc) is 3.23. The van der Waals surface area contributed by atoms with Crippen LogP contribution in [0, 0.1) is 38.4 Å². The lowest BCUT2D eigenvalue weighted by Crippen LogP contribution is -2.28. The average molecular weight is 1050 g/mol. The van der Waals surface area contributed by atoms with Crippen LogP contribution in [0.1, 0.15) is 54.2 Å². The smallest absolute Gasteiger partial charge is 0.253 e. The third kappa shape index (κ3) is 15.5. The number of amides is 3. The van der Waals surface area contributed by atoms with Crippen molar-refractivity contribution in [2.75, 3.05) is 37.8 Å². The van der Waals surface area contributed by atoms with Gasteiger partial charge in [0.2, 0.25) is 5.91 Å². The second-order valence-corrected chi connectivity index (χ2v) is 16.4. The minimum absolute atomic E-state index is 0.0757. The van der Waals surface area contributed by atoms with Gasteiger partial charge in [0.25, 0.3) is 11.8 Å². The number of anilines is 4. The molecule has 0 fully saturated rings. The molecular formula is C47H47F3I2N6O3.